The lowest BCUT2D eigenvalue weighted by atomic mass is 10.2. The van der Waals surface area contributed by atoms with Crippen molar-refractivity contribution in [2.75, 3.05) is 36.4 Å². The number of hydrogen-bond acceptors (Lipinski definition) is 7. The lowest BCUT2D eigenvalue weighted by Crippen LogP contribution is -2.49. The number of rotatable bonds is 6. The zero-order chi connectivity index (χ0) is 21.6. The summed E-state index contributed by atoms with van der Waals surface area (Å²) in [6.07, 6.45) is 3.39. The van der Waals surface area contributed by atoms with Gasteiger partial charge in [-0.05, 0) is 36.4 Å². The van der Waals surface area contributed by atoms with Crippen LogP contribution >= 0.6 is 11.8 Å². The first kappa shape index (κ1) is 21.0. The molecule has 3 aromatic rings. The fourth-order valence-electron chi connectivity index (χ4n) is 3.30. The molecular weight excluding hydrogens is 422 g/mol. The number of hydrogen-bond donors (Lipinski definition) is 1. The van der Waals surface area contributed by atoms with E-state index in [1.54, 1.807) is 41.6 Å². The predicted octanol–water partition coefficient (Wildman–Crippen LogP) is 3.89. The van der Waals surface area contributed by atoms with Crippen LogP contribution < -0.4 is 10.2 Å². The number of amides is 1. The van der Waals surface area contributed by atoms with E-state index in [-0.39, 0.29) is 5.91 Å². The first-order chi connectivity index (χ1) is 15.1. The Morgan fingerprint density at radius 2 is 1.81 bits per heavy atom. The summed E-state index contributed by atoms with van der Waals surface area (Å²) in [7, 11) is 0. The van der Waals surface area contributed by atoms with E-state index in [2.05, 4.69) is 20.5 Å². The minimum Gasteiger partial charge on any atom is -0.352 e. The zero-order valence-electron chi connectivity index (χ0n) is 16.5. The molecule has 7 nitrogen and oxygen atoms in total. The molecule has 0 spiro atoms. The van der Waals surface area contributed by atoms with Crippen molar-refractivity contribution in [1.82, 2.24) is 20.1 Å². The maximum atomic E-state index is 12.9. The molecular formula is C21H20F2N6OS. The number of pyridine rings is 1. The van der Waals surface area contributed by atoms with Gasteiger partial charge in [0.1, 0.15) is 0 Å². The normalized spacial score (nSPS) is 14.0. The molecule has 0 saturated carbocycles. The smallest absolute Gasteiger partial charge is 0.288 e. The van der Waals surface area contributed by atoms with Crippen molar-refractivity contribution in [2.24, 2.45) is 0 Å². The highest BCUT2D eigenvalue weighted by Gasteiger charge is 2.25. The van der Waals surface area contributed by atoms with Gasteiger partial charge in [-0.1, -0.05) is 23.9 Å². The highest BCUT2D eigenvalue weighted by atomic mass is 32.2. The van der Waals surface area contributed by atoms with E-state index in [9.17, 15) is 13.6 Å². The van der Waals surface area contributed by atoms with Gasteiger partial charge in [0.25, 0.3) is 11.7 Å². The molecule has 1 aromatic carbocycles. The van der Waals surface area contributed by atoms with Crippen molar-refractivity contribution in [3.63, 3.8) is 0 Å². The van der Waals surface area contributed by atoms with Gasteiger partial charge in [-0.15, -0.1) is 10.2 Å². The van der Waals surface area contributed by atoms with Crippen LogP contribution in [0.1, 0.15) is 10.4 Å². The maximum absolute atomic E-state index is 12.9. The average molecular weight is 442 g/mol. The molecule has 0 bridgehead atoms. The van der Waals surface area contributed by atoms with Crippen molar-refractivity contribution in [3.05, 3.63) is 66.5 Å². The molecule has 1 amide bonds. The van der Waals surface area contributed by atoms with Gasteiger partial charge >= 0.3 is 0 Å². The number of benzene rings is 1. The first-order valence-corrected chi connectivity index (χ1v) is 10.6. The second-order valence-corrected chi connectivity index (χ2v) is 7.83. The number of aromatic nitrogens is 3. The predicted molar refractivity (Wildman–Crippen MR) is 116 cm³/mol. The largest absolute Gasteiger partial charge is 0.352 e. The Morgan fingerprint density at radius 3 is 2.48 bits per heavy atom. The molecule has 0 radical (unpaired) electrons. The number of halogens is 2. The molecule has 0 unspecified atom stereocenters. The summed E-state index contributed by atoms with van der Waals surface area (Å²) in [5.41, 5.74) is 1.13. The van der Waals surface area contributed by atoms with Crippen LogP contribution in [-0.2, 0) is 0 Å². The standard InChI is InChI=1S/C21H20F2N6OS/c22-21(23)31-17-6-2-1-5-16(17)20(30)29-12-10-28(11-13-29)19-8-7-18(26-27-19)25-15-4-3-9-24-14-15/h1-9,14,21H,10-13H2,(H,25,26). The number of piperazine rings is 1. The first-order valence-electron chi connectivity index (χ1n) is 9.69. The van der Waals surface area contributed by atoms with Crippen LogP contribution in [0.25, 0.3) is 0 Å². The van der Waals surface area contributed by atoms with Crippen LogP contribution in [0.2, 0.25) is 0 Å². The number of anilines is 3. The van der Waals surface area contributed by atoms with Crippen molar-refractivity contribution < 1.29 is 13.6 Å². The number of thioether (sulfide) groups is 1. The zero-order valence-corrected chi connectivity index (χ0v) is 17.3. The molecule has 10 heteroatoms. The van der Waals surface area contributed by atoms with E-state index in [1.165, 1.54) is 0 Å². The van der Waals surface area contributed by atoms with Crippen molar-refractivity contribution >= 4 is 35.0 Å². The van der Waals surface area contributed by atoms with Crippen LogP contribution in [0, 0.1) is 0 Å². The van der Waals surface area contributed by atoms with Gasteiger partial charge in [0.15, 0.2) is 11.6 Å². The number of alkyl halides is 2. The molecule has 31 heavy (non-hydrogen) atoms. The van der Waals surface area contributed by atoms with Gasteiger partial charge in [0, 0.05) is 37.3 Å². The van der Waals surface area contributed by atoms with Crippen molar-refractivity contribution in [2.45, 2.75) is 10.7 Å². The summed E-state index contributed by atoms with van der Waals surface area (Å²) in [5, 5.41) is 11.6. The van der Waals surface area contributed by atoms with E-state index in [0.717, 1.165) is 11.5 Å². The minimum atomic E-state index is -2.57. The second kappa shape index (κ2) is 9.69. The van der Waals surface area contributed by atoms with Gasteiger partial charge in [0.2, 0.25) is 0 Å². The summed E-state index contributed by atoms with van der Waals surface area (Å²) < 4.78 is 25.6. The van der Waals surface area contributed by atoms with Crippen LogP contribution in [0.15, 0.2) is 65.8 Å². The van der Waals surface area contributed by atoms with E-state index >= 15 is 0 Å². The van der Waals surface area contributed by atoms with E-state index in [0.29, 0.717) is 54.2 Å². The van der Waals surface area contributed by atoms with Gasteiger partial charge in [-0.3, -0.25) is 9.78 Å². The fraction of sp³-hybridized carbons (Fsp3) is 0.238. The van der Waals surface area contributed by atoms with E-state index in [4.69, 9.17) is 0 Å². The monoisotopic (exact) mass is 442 g/mol. The third-order valence-electron chi connectivity index (χ3n) is 4.81. The molecule has 1 fully saturated rings. The maximum Gasteiger partial charge on any atom is 0.288 e. The molecule has 1 N–H and O–H groups in total. The Bertz CT molecular complexity index is 1010. The number of carbonyl (C=O) groups excluding carboxylic acids is 1. The van der Waals surface area contributed by atoms with Gasteiger partial charge < -0.3 is 15.1 Å². The topological polar surface area (TPSA) is 74.2 Å². The third kappa shape index (κ3) is 5.26. The summed E-state index contributed by atoms with van der Waals surface area (Å²) in [6, 6.07) is 13.9. The highest BCUT2D eigenvalue weighted by molar-refractivity contribution is 7.99. The quantitative estimate of drug-likeness (QED) is 0.581. The summed E-state index contributed by atoms with van der Waals surface area (Å²) in [4.78, 5) is 20.9. The molecule has 1 aliphatic heterocycles. The lowest BCUT2D eigenvalue weighted by molar-refractivity contribution is 0.0743. The van der Waals surface area contributed by atoms with E-state index in [1.807, 2.05) is 29.2 Å². The van der Waals surface area contributed by atoms with Gasteiger partial charge in [-0.25, -0.2) is 0 Å². The van der Waals surface area contributed by atoms with E-state index < -0.39 is 5.76 Å². The Labute approximate surface area is 182 Å². The van der Waals surface area contributed by atoms with Crippen molar-refractivity contribution in [1.29, 1.82) is 0 Å². The second-order valence-electron chi connectivity index (χ2n) is 6.80. The third-order valence-corrected chi connectivity index (χ3v) is 5.60. The molecule has 0 aliphatic carbocycles. The van der Waals surface area contributed by atoms with Crippen LogP contribution in [0.3, 0.4) is 0 Å². The number of nitrogens with one attached hydrogen (secondary N) is 1. The van der Waals surface area contributed by atoms with Crippen LogP contribution in [-0.4, -0.2) is 57.9 Å². The Balaban J connectivity index is 1.36. The SMILES string of the molecule is O=C(c1ccccc1SC(F)F)N1CCN(c2ccc(Nc3cccnc3)nn2)CC1. The molecule has 1 aliphatic rings. The van der Waals surface area contributed by atoms with Crippen LogP contribution in [0.5, 0.6) is 0 Å². The fourth-order valence-corrected chi connectivity index (χ4v) is 3.93. The summed E-state index contributed by atoms with van der Waals surface area (Å²) in [6.45, 7) is 2.12. The van der Waals surface area contributed by atoms with Crippen LogP contribution in [0.4, 0.5) is 26.1 Å². The van der Waals surface area contributed by atoms with Gasteiger partial charge in [-0.2, -0.15) is 8.78 Å². The summed E-state index contributed by atoms with van der Waals surface area (Å²) in [5.74, 6) is -1.47. The molecule has 0 atom stereocenters. The molecule has 160 valence electrons. The molecule has 2 aromatic heterocycles. The Morgan fingerprint density at radius 1 is 1.00 bits per heavy atom. The Kier molecular flexibility index (Phi) is 6.56. The van der Waals surface area contributed by atoms with Gasteiger partial charge in [0.05, 0.1) is 17.4 Å². The highest BCUT2D eigenvalue weighted by Crippen LogP contribution is 2.29. The lowest BCUT2D eigenvalue weighted by Gasteiger charge is -2.35. The van der Waals surface area contributed by atoms with Crippen molar-refractivity contribution in [3.8, 4) is 0 Å². The summed E-state index contributed by atoms with van der Waals surface area (Å²) >= 11 is 0.397. The number of nitrogens with zero attached hydrogens (tertiary/aromatic N) is 5. The molecule has 4 rings (SSSR count). The number of carbonyl (C=O) groups is 1. The molecule has 3 heterocycles. The molecule has 1 saturated heterocycles. The average Bonchev–Trinajstić information content (AvgIpc) is 2.80. The minimum absolute atomic E-state index is 0.231. The Hall–Kier alpha value is -3.27.